The van der Waals surface area contributed by atoms with Crippen molar-refractivity contribution in [3.63, 3.8) is 0 Å². The first-order chi connectivity index (χ1) is 9.11. The molecule has 3 unspecified atom stereocenters. The van der Waals surface area contributed by atoms with Crippen molar-refractivity contribution in [2.24, 2.45) is 11.8 Å². The molecule has 2 rings (SSSR count). The zero-order chi connectivity index (χ0) is 13.8. The van der Waals surface area contributed by atoms with E-state index in [4.69, 9.17) is 0 Å². The molecule has 1 aliphatic carbocycles. The molecule has 1 N–H and O–H groups in total. The predicted molar refractivity (Wildman–Crippen MR) is 73.9 cm³/mol. The van der Waals surface area contributed by atoms with Gasteiger partial charge in [-0.2, -0.15) is 0 Å². The molecule has 3 heteroatoms. The first kappa shape index (κ1) is 14.4. The molecule has 0 spiro atoms. The summed E-state index contributed by atoms with van der Waals surface area (Å²) < 4.78 is 26.5. The highest BCUT2D eigenvalue weighted by Crippen LogP contribution is 2.39. The van der Waals surface area contributed by atoms with Gasteiger partial charge in [0.05, 0.1) is 0 Å². The first-order valence-electron chi connectivity index (χ1n) is 7.30. The second-order valence-electron chi connectivity index (χ2n) is 5.78. The van der Waals surface area contributed by atoms with Gasteiger partial charge in [-0.15, -0.1) is 0 Å². The van der Waals surface area contributed by atoms with Crippen LogP contribution in [0.2, 0.25) is 0 Å². The molecule has 1 saturated carbocycles. The van der Waals surface area contributed by atoms with Crippen molar-refractivity contribution in [3.05, 3.63) is 35.4 Å². The number of hydrogen-bond donors (Lipinski definition) is 1. The van der Waals surface area contributed by atoms with Crippen molar-refractivity contribution in [1.82, 2.24) is 5.32 Å². The van der Waals surface area contributed by atoms with Gasteiger partial charge in [0.15, 0.2) is 11.6 Å². The highest BCUT2D eigenvalue weighted by atomic mass is 19.2. The van der Waals surface area contributed by atoms with Crippen LogP contribution in [0.1, 0.15) is 51.1 Å². The third-order valence-electron chi connectivity index (χ3n) is 4.12. The standard InChI is InChI=1S/C16H23F2N/c1-3-8-19-16(12-5-4-11(2)9-12)13-6-7-14(17)15(18)10-13/h6-7,10-12,16,19H,3-5,8-9H2,1-2H3. The van der Waals surface area contributed by atoms with Crippen LogP contribution in [-0.4, -0.2) is 6.54 Å². The maximum atomic E-state index is 13.4. The summed E-state index contributed by atoms with van der Waals surface area (Å²) in [4.78, 5) is 0. The third kappa shape index (κ3) is 3.53. The smallest absolute Gasteiger partial charge is 0.159 e. The van der Waals surface area contributed by atoms with Gasteiger partial charge in [0.2, 0.25) is 0 Å². The van der Waals surface area contributed by atoms with Gasteiger partial charge < -0.3 is 5.32 Å². The summed E-state index contributed by atoms with van der Waals surface area (Å²) in [6.07, 6.45) is 4.61. The summed E-state index contributed by atoms with van der Waals surface area (Å²) >= 11 is 0. The molecule has 0 heterocycles. The minimum Gasteiger partial charge on any atom is -0.310 e. The first-order valence-corrected chi connectivity index (χ1v) is 7.30. The monoisotopic (exact) mass is 267 g/mol. The number of rotatable bonds is 5. The zero-order valence-electron chi connectivity index (χ0n) is 11.8. The maximum Gasteiger partial charge on any atom is 0.159 e. The lowest BCUT2D eigenvalue weighted by Gasteiger charge is -2.25. The van der Waals surface area contributed by atoms with E-state index in [1.165, 1.54) is 31.4 Å². The van der Waals surface area contributed by atoms with E-state index in [0.717, 1.165) is 24.4 Å². The van der Waals surface area contributed by atoms with Gasteiger partial charge in [-0.25, -0.2) is 8.78 Å². The Labute approximate surface area is 114 Å². The van der Waals surface area contributed by atoms with E-state index >= 15 is 0 Å². The molecule has 0 amide bonds. The van der Waals surface area contributed by atoms with Crippen LogP contribution in [0.25, 0.3) is 0 Å². The van der Waals surface area contributed by atoms with Crippen molar-refractivity contribution in [2.75, 3.05) is 6.54 Å². The molecule has 0 radical (unpaired) electrons. The molecule has 1 nitrogen and oxygen atoms in total. The van der Waals surface area contributed by atoms with Crippen LogP contribution in [0.3, 0.4) is 0 Å². The van der Waals surface area contributed by atoms with Crippen molar-refractivity contribution in [1.29, 1.82) is 0 Å². The van der Waals surface area contributed by atoms with Gasteiger partial charge in [0.25, 0.3) is 0 Å². The molecule has 0 bridgehead atoms. The van der Waals surface area contributed by atoms with Gasteiger partial charge in [-0.1, -0.05) is 26.3 Å². The highest BCUT2D eigenvalue weighted by molar-refractivity contribution is 5.22. The molecule has 106 valence electrons. The van der Waals surface area contributed by atoms with Gasteiger partial charge in [0.1, 0.15) is 0 Å². The lowest BCUT2D eigenvalue weighted by molar-refractivity contribution is 0.357. The van der Waals surface area contributed by atoms with E-state index in [1.807, 2.05) is 0 Å². The Hall–Kier alpha value is -0.960. The summed E-state index contributed by atoms with van der Waals surface area (Å²) in [5.74, 6) is -0.239. The fourth-order valence-electron chi connectivity index (χ4n) is 3.12. The number of halogens is 2. The predicted octanol–water partition coefficient (Wildman–Crippen LogP) is 4.44. The van der Waals surface area contributed by atoms with Crippen molar-refractivity contribution >= 4 is 0 Å². The Morgan fingerprint density at radius 1 is 1.26 bits per heavy atom. The Kier molecular flexibility index (Phi) is 4.92. The molecular weight excluding hydrogens is 244 g/mol. The highest BCUT2D eigenvalue weighted by Gasteiger charge is 2.29. The van der Waals surface area contributed by atoms with Crippen molar-refractivity contribution < 1.29 is 8.78 Å². The van der Waals surface area contributed by atoms with Gasteiger partial charge in [-0.3, -0.25) is 0 Å². The Bertz CT molecular complexity index is 419. The molecule has 0 aromatic heterocycles. The number of benzene rings is 1. The van der Waals surface area contributed by atoms with E-state index in [2.05, 4.69) is 19.2 Å². The van der Waals surface area contributed by atoms with E-state index in [0.29, 0.717) is 5.92 Å². The molecule has 1 aliphatic rings. The van der Waals surface area contributed by atoms with E-state index in [1.54, 1.807) is 6.07 Å². The van der Waals surface area contributed by atoms with Crippen LogP contribution in [0.4, 0.5) is 8.78 Å². The molecular formula is C16H23F2N. The fourth-order valence-corrected chi connectivity index (χ4v) is 3.12. The number of hydrogen-bond acceptors (Lipinski definition) is 1. The molecule has 1 aromatic carbocycles. The minimum absolute atomic E-state index is 0.153. The summed E-state index contributed by atoms with van der Waals surface area (Å²) in [5, 5.41) is 3.51. The average Bonchev–Trinajstić information content (AvgIpc) is 2.80. The van der Waals surface area contributed by atoms with Gasteiger partial charge >= 0.3 is 0 Å². The largest absolute Gasteiger partial charge is 0.310 e. The van der Waals surface area contributed by atoms with Gasteiger partial charge in [0, 0.05) is 6.04 Å². The van der Waals surface area contributed by atoms with E-state index < -0.39 is 11.6 Å². The van der Waals surface area contributed by atoms with Crippen molar-refractivity contribution in [2.45, 2.75) is 45.6 Å². The molecule has 1 aromatic rings. The minimum atomic E-state index is -0.766. The van der Waals surface area contributed by atoms with Crippen LogP contribution >= 0.6 is 0 Å². The summed E-state index contributed by atoms with van der Waals surface area (Å²) in [6.45, 7) is 5.29. The van der Waals surface area contributed by atoms with Crippen LogP contribution < -0.4 is 5.32 Å². The van der Waals surface area contributed by atoms with Gasteiger partial charge in [-0.05, 0) is 55.3 Å². The zero-order valence-corrected chi connectivity index (χ0v) is 11.8. The fraction of sp³-hybridized carbons (Fsp3) is 0.625. The van der Waals surface area contributed by atoms with E-state index in [9.17, 15) is 8.78 Å². The summed E-state index contributed by atoms with van der Waals surface area (Å²) in [7, 11) is 0. The Morgan fingerprint density at radius 2 is 2.05 bits per heavy atom. The quantitative estimate of drug-likeness (QED) is 0.831. The van der Waals surface area contributed by atoms with Crippen LogP contribution in [-0.2, 0) is 0 Å². The lowest BCUT2D eigenvalue weighted by atomic mass is 9.90. The SMILES string of the molecule is CCCNC(c1ccc(F)c(F)c1)C1CCC(C)C1. The molecule has 19 heavy (non-hydrogen) atoms. The maximum absolute atomic E-state index is 13.4. The lowest BCUT2D eigenvalue weighted by Crippen LogP contribution is -2.28. The summed E-state index contributed by atoms with van der Waals surface area (Å²) in [5.41, 5.74) is 0.881. The normalized spacial score (nSPS) is 24.6. The number of nitrogens with one attached hydrogen (secondary N) is 1. The molecule has 3 atom stereocenters. The Balaban J connectivity index is 2.18. The second-order valence-corrected chi connectivity index (χ2v) is 5.78. The molecule has 0 saturated heterocycles. The average molecular weight is 267 g/mol. The summed E-state index contributed by atoms with van der Waals surface area (Å²) in [6, 6.07) is 4.46. The van der Waals surface area contributed by atoms with Crippen LogP contribution in [0, 0.1) is 23.5 Å². The van der Waals surface area contributed by atoms with Crippen molar-refractivity contribution in [3.8, 4) is 0 Å². The third-order valence-corrected chi connectivity index (χ3v) is 4.12. The topological polar surface area (TPSA) is 12.0 Å². The molecule has 1 fully saturated rings. The van der Waals surface area contributed by atoms with Crippen LogP contribution in [0.15, 0.2) is 18.2 Å². The Morgan fingerprint density at radius 3 is 2.63 bits per heavy atom. The van der Waals surface area contributed by atoms with Crippen LogP contribution in [0.5, 0.6) is 0 Å². The van der Waals surface area contributed by atoms with E-state index in [-0.39, 0.29) is 6.04 Å². The second kappa shape index (κ2) is 6.47. The molecule has 0 aliphatic heterocycles.